The number of hydrogen-bond acceptors (Lipinski definition) is 7. The van der Waals surface area contributed by atoms with E-state index in [4.69, 9.17) is 4.74 Å². The second kappa shape index (κ2) is 8.38. The molecule has 7 heteroatoms. The molecule has 3 heterocycles. The van der Waals surface area contributed by atoms with Crippen LogP contribution in [0.4, 0.5) is 11.5 Å². The molecule has 0 bridgehead atoms. The average Bonchev–Trinajstić information content (AvgIpc) is 3.35. The number of carbonyl (C=O) groups excluding carboxylic acids is 1. The lowest BCUT2D eigenvalue weighted by Gasteiger charge is -2.22. The van der Waals surface area contributed by atoms with Gasteiger partial charge in [0.05, 0.1) is 18.0 Å². The Kier molecular flexibility index (Phi) is 5.44. The first-order valence-electron chi connectivity index (χ1n) is 10.9. The number of hydrogen-bond donors (Lipinski definition) is 1. The van der Waals surface area contributed by atoms with Crippen LogP contribution >= 0.6 is 11.3 Å². The fourth-order valence-corrected chi connectivity index (χ4v) is 5.78. The van der Waals surface area contributed by atoms with E-state index >= 15 is 0 Å². The fraction of sp³-hybridized carbons (Fsp3) is 0.417. The molecule has 31 heavy (non-hydrogen) atoms. The number of aryl methyl sites for hydroxylation is 1. The Labute approximate surface area is 185 Å². The maximum absolute atomic E-state index is 11.9. The maximum Gasteiger partial charge on any atom is 0.306 e. The van der Waals surface area contributed by atoms with Crippen LogP contribution in [0.2, 0.25) is 0 Å². The molecule has 1 aromatic carbocycles. The van der Waals surface area contributed by atoms with E-state index in [2.05, 4.69) is 38.5 Å². The van der Waals surface area contributed by atoms with E-state index in [9.17, 15) is 4.79 Å². The van der Waals surface area contributed by atoms with Gasteiger partial charge in [-0.3, -0.25) is 9.79 Å². The smallest absolute Gasteiger partial charge is 0.306 e. The Balaban J connectivity index is 1.35. The van der Waals surface area contributed by atoms with Gasteiger partial charge in [0.1, 0.15) is 17.0 Å². The van der Waals surface area contributed by atoms with E-state index in [1.54, 1.807) is 17.7 Å². The highest BCUT2D eigenvalue weighted by atomic mass is 32.1. The lowest BCUT2D eigenvalue weighted by Crippen LogP contribution is -2.16. The Morgan fingerprint density at radius 3 is 3.10 bits per heavy atom. The standard InChI is InChI=1S/C24H26N4O2S/c1-14(2)30-21(29)8-4-15-3-7-19-20(9-15)31-24-22(19)23(26-13-27-24)28-18-6-5-16-11-25-12-17(16)10-18/h5-6,10,12-15H,3-4,7-9,11H2,1-2H3,(H,26,27,28). The molecular formula is C24H26N4O2S. The van der Waals surface area contributed by atoms with Crippen molar-refractivity contribution >= 4 is 45.2 Å². The predicted octanol–water partition coefficient (Wildman–Crippen LogP) is 5.20. The summed E-state index contributed by atoms with van der Waals surface area (Å²) in [5.74, 6) is 1.30. The molecule has 0 saturated heterocycles. The number of aromatic nitrogens is 2. The summed E-state index contributed by atoms with van der Waals surface area (Å²) >= 11 is 1.76. The number of fused-ring (bicyclic) bond motifs is 4. The Bertz CT molecular complexity index is 1170. The highest BCUT2D eigenvalue weighted by molar-refractivity contribution is 7.19. The summed E-state index contributed by atoms with van der Waals surface area (Å²) in [6, 6.07) is 6.35. The number of nitrogens with one attached hydrogen (secondary N) is 1. The summed E-state index contributed by atoms with van der Waals surface area (Å²) in [7, 11) is 0. The molecule has 5 rings (SSSR count). The van der Waals surface area contributed by atoms with Gasteiger partial charge >= 0.3 is 5.97 Å². The Hall–Kier alpha value is -2.80. The third-order valence-corrected chi connectivity index (χ3v) is 7.13. The quantitative estimate of drug-likeness (QED) is 0.539. The molecule has 1 N–H and O–H groups in total. The van der Waals surface area contributed by atoms with Crippen LogP contribution in [0.1, 0.15) is 54.7 Å². The highest BCUT2D eigenvalue weighted by Crippen LogP contribution is 2.41. The van der Waals surface area contributed by atoms with Gasteiger partial charge in [-0.25, -0.2) is 9.97 Å². The average molecular weight is 435 g/mol. The first kappa shape index (κ1) is 20.1. The van der Waals surface area contributed by atoms with Crippen LogP contribution in [0.5, 0.6) is 0 Å². The van der Waals surface area contributed by atoms with Crippen LogP contribution in [-0.2, 0) is 28.9 Å². The summed E-state index contributed by atoms with van der Waals surface area (Å²) in [6.07, 6.45) is 7.98. The second-order valence-electron chi connectivity index (χ2n) is 8.60. The molecule has 1 atom stereocenters. The van der Waals surface area contributed by atoms with Gasteiger partial charge in [-0.05, 0) is 74.3 Å². The molecule has 6 nitrogen and oxygen atoms in total. The SMILES string of the molecule is CC(C)OC(=O)CCC1CCc2c(sc3ncnc(Nc4ccc5c(c4)C=NC5)c23)C1. The number of nitrogens with zero attached hydrogens (tertiary/aromatic N) is 3. The molecule has 1 aliphatic carbocycles. The van der Waals surface area contributed by atoms with E-state index in [1.807, 2.05) is 20.1 Å². The first-order chi connectivity index (χ1) is 15.1. The minimum Gasteiger partial charge on any atom is -0.463 e. The van der Waals surface area contributed by atoms with E-state index < -0.39 is 0 Å². The second-order valence-corrected chi connectivity index (χ2v) is 9.68. The molecule has 0 amide bonds. The number of esters is 1. The number of aliphatic imine (C=N–C) groups is 1. The Morgan fingerprint density at radius 1 is 1.32 bits per heavy atom. The third kappa shape index (κ3) is 4.19. The van der Waals surface area contributed by atoms with Crippen LogP contribution in [0.3, 0.4) is 0 Å². The third-order valence-electron chi connectivity index (χ3n) is 5.97. The van der Waals surface area contributed by atoms with E-state index in [0.29, 0.717) is 12.3 Å². The van der Waals surface area contributed by atoms with Crippen LogP contribution in [0.25, 0.3) is 10.2 Å². The molecular weight excluding hydrogens is 408 g/mol. The highest BCUT2D eigenvalue weighted by Gasteiger charge is 2.26. The molecule has 2 aliphatic rings. The van der Waals surface area contributed by atoms with Crippen molar-refractivity contribution in [1.29, 1.82) is 0 Å². The summed E-state index contributed by atoms with van der Waals surface area (Å²) in [5, 5.41) is 4.66. The number of anilines is 2. The van der Waals surface area contributed by atoms with Gasteiger partial charge < -0.3 is 10.1 Å². The predicted molar refractivity (Wildman–Crippen MR) is 124 cm³/mol. The minimum atomic E-state index is -0.0890. The molecule has 1 aliphatic heterocycles. The molecule has 1 unspecified atom stereocenters. The molecule has 2 aromatic heterocycles. The molecule has 0 radical (unpaired) electrons. The molecule has 0 saturated carbocycles. The normalized spacial score (nSPS) is 17.1. The van der Waals surface area contributed by atoms with Crippen molar-refractivity contribution in [2.45, 2.75) is 58.6 Å². The van der Waals surface area contributed by atoms with E-state index in [1.165, 1.54) is 21.6 Å². The van der Waals surface area contributed by atoms with Crippen molar-refractivity contribution in [2.75, 3.05) is 5.32 Å². The van der Waals surface area contributed by atoms with Crippen LogP contribution in [0, 0.1) is 5.92 Å². The number of thiophene rings is 1. The van der Waals surface area contributed by atoms with Crippen molar-refractivity contribution in [3.8, 4) is 0 Å². The zero-order valence-electron chi connectivity index (χ0n) is 17.9. The van der Waals surface area contributed by atoms with Crippen LogP contribution in [0.15, 0.2) is 29.5 Å². The summed E-state index contributed by atoms with van der Waals surface area (Å²) in [5.41, 5.74) is 4.81. The number of carbonyl (C=O) groups is 1. The Morgan fingerprint density at radius 2 is 2.23 bits per heavy atom. The van der Waals surface area contributed by atoms with Crippen molar-refractivity contribution < 1.29 is 9.53 Å². The topological polar surface area (TPSA) is 76.5 Å². The fourth-order valence-electron chi connectivity index (χ4n) is 4.48. The molecule has 3 aromatic rings. The largest absolute Gasteiger partial charge is 0.463 e. The van der Waals surface area contributed by atoms with Crippen molar-refractivity contribution in [3.63, 3.8) is 0 Å². The number of ether oxygens (including phenoxy) is 1. The molecule has 0 fully saturated rings. The summed E-state index contributed by atoms with van der Waals surface area (Å²) in [6.45, 7) is 4.55. The maximum atomic E-state index is 11.9. The van der Waals surface area contributed by atoms with E-state index in [0.717, 1.165) is 53.9 Å². The molecule has 0 spiro atoms. The monoisotopic (exact) mass is 434 g/mol. The van der Waals surface area contributed by atoms with Crippen LogP contribution in [-0.4, -0.2) is 28.3 Å². The molecule has 160 valence electrons. The van der Waals surface area contributed by atoms with Crippen LogP contribution < -0.4 is 5.32 Å². The van der Waals surface area contributed by atoms with Gasteiger partial charge in [0.15, 0.2) is 0 Å². The van der Waals surface area contributed by atoms with Gasteiger partial charge in [0.2, 0.25) is 0 Å². The van der Waals surface area contributed by atoms with Crippen molar-refractivity contribution in [2.24, 2.45) is 10.9 Å². The van der Waals surface area contributed by atoms with Gasteiger partial charge in [-0.2, -0.15) is 0 Å². The minimum absolute atomic E-state index is 0.0458. The van der Waals surface area contributed by atoms with Crippen molar-refractivity contribution in [3.05, 3.63) is 46.1 Å². The first-order valence-corrected chi connectivity index (χ1v) is 11.7. The van der Waals surface area contributed by atoms with E-state index in [-0.39, 0.29) is 12.1 Å². The van der Waals surface area contributed by atoms with Gasteiger partial charge in [-0.15, -0.1) is 11.3 Å². The lowest BCUT2D eigenvalue weighted by molar-refractivity contribution is -0.147. The summed E-state index contributed by atoms with van der Waals surface area (Å²) in [4.78, 5) is 27.8. The van der Waals surface area contributed by atoms with Gasteiger partial charge in [0, 0.05) is 23.2 Å². The van der Waals surface area contributed by atoms with Gasteiger partial charge in [0.25, 0.3) is 0 Å². The lowest BCUT2D eigenvalue weighted by atomic mass is 9.85. The number of rotatable bonds is 6. The zero-order valence-corrected chi connectivity index (χ0v) is 18.7. The number of benzene rings is 1. The zero-order chi connectivity index (χ0) is 21.4. The van der Waals surface area contributed by atoms with Gasteiger partial charge in [-0.1, -0.05) is 6.07 Å². The summed E-state index contributed by atoms with van der Waals surface area (Å²) < 4.78 is 5.29. The van der Waals surface area contributed by atoms with Crippen molar-refractivity contribution in [1.82, 2.24) is 9.97 Å².